The number of nitro groups is 1. The maximum absolute atomic E-state index is 13.0. The minimum atomic E-state index is -0.621. The molecule has 1 saturated carbocycles. The maximum Gasteiger partial charge on any atom is 0.294 e. The number of nitrogens with zero attached hydrogens (tertiary/aromatic N) is 2. The van der Waals surface area contributed by atoms with Gasteiger partial charge in [-0.05, 0) is 26.0 Å². The third-order valence-electron chi connectivity index (χ3n) is 5.37. The van der Waals surface area contributed by atoms with Gasteiger partial charge in [0.15, 0.2) is 0 Å². The van der Waals surface area contributed by atoms with Gasteiger partial charge in [0.2, 0.25) is 11.8 Å². The first-order valence-corrected chi connectivity index (χ1v) is 8.38. The van der Waals surface area contributed by atoms with Crippen LogP contribution < -0.4 is 4.90 Å². The Kier molecular flexibility index (Phi) is 3.37. The van der Waals surface area contributed by atoms with E-state index in [1.54, 1.807) is 0 Å². The van der Waals surface area contributed by atoms with Crippen LogP contribution in [0.4, 0.5) is 11.4 Å². The van der Waals surface area contributed by atoms with E-state index >= 15 is 0 Å². The standard InChI is InChI=1S/C18H15ClN2O4/c1-8(2)14-10-4-5-11(14)16-15(10)17(22)20(18(16)23)12-6-3-9(19)7-13(12)21(24)25/h3-7,10-11,15-16H,1-2H3/t10-,11+,15-,16-/m0/s1. The van der Waals surface area contributed by atoms with Crippen LogP contribution in [0.2, 0.25) is 5.02 Å². The second-order valence-corrected chi connectivity index (χ2v) is 7.28. The Hall–Kier alpha value is -2.47. The second-order valence-electron chi connectivity index (χ2n) is 6.85. The van der Waals surface area contributed by atoms with E-state index in [9.17, 15) is 19.7 Å². The summed E-state index contributed by atoms with van der Waals surface area (Å²) in [6.07, 6.45) is 3.97. The smallest absolute Gasteiger partial charge is 0.274 e. The molecule has 0 aromatic heterocycles. The number of allylic oxidation sites excluding steroid dienone is 4. The third-order valence-corrected chi connectivity index (χ3v) is 5.60. The molecule has 3 aliphatic rings. The monoisotopic (exact) mass is 358 g/mol. The van der Waals surface area contributed by atoms with Crippen molar-refractivity contribution in [2.75, 3.05) is 4.90 Å². The van der Waals surface area contributed by atoms with Crippen LogP contribution >= 0.6 is 11.6 Å². The predicted octanol–water partition coefficient (Wildman–Crippen LogP) is 3.51. The van der Waals surface area contributed by atoms with E-state index in [1.807, 2.05) is 26.0 Å². The first-order chi connectivity index (χ1) is 11.8. The number of nitro benzene ring substituents is 1. The highest BCUT2D eigenvalue weighted by Gasteiger charge is 2.62. The van der Waals surface area contributed by atoms with Crippen LogP contribution in [0.15, 0.2) is 41.5 Å². The van der Waals surface area contributed by atoms with Gasteiger partial charge in [0.25, 0.3) is 5.69 Å². The first kappa shape index (κ1) is 16.0. The van der Waals surface area contributed by atoms with E-state index < -0.39 is 16.8 Å². The minimum Gasteiger partial charge on any atom is -0.274 e. The van der Waals surface area contributed by atoms with Crippen LogP contribution in [0.1, 0.15) is 13.8 Å². The Morgan fingerprint density at radius 2 is 1.68 bits per heavy atom. The van der Waals surface area contributed by atoms with Crippen LogP contribution in [0.5, 0.6) is 0 Å². The van der Waals surface area contributed by atoms with E-state index in [4.69, 9.17) is 11.6 Å². The Balaban J connectivity index is 1.81. The highest BCUT2D eigenvalue weighted by atomic mass is 35.5. The molecule has 0 N–H and O–H groups in total. The van der Waals surface area contributed by atoms with Crippen molar-refractivity contribution in [1.82, 2.24) is 0 Å². The molecular weight excluding hydrogens is 344 g/mol. The molecule has 2 amide bonds. The number of carbonyl (C=O) groups is 2. The summed E-state index contributed by atoms with van der Waals surface area (Å²) in [7, 11) is 0. The normalized spacial score (nSPS) is 29.6. The minimum absolute atomic E-state index is 0.00282. The van der Waals surface area contributed by atoms with Gasteiger partial charge >= 0.3 is 0 Å². The summed E-state index contributed by atoms with van der Waals surface area (Å²) in [6, 6.07) is 3.99. The predicted molar refractivity (Wildman–Crippen MR) is 92.1 cm³/mol. The SMILES string of the molecule is CC(C)=C1[C@H]2C=C[C@@H]1[C@@H]1C(=O)N(c3ccc(Cl)cc3[N+](=O)[O-])C(=O)[C@H]12. The van der Waals surface area contributed by atoms with Gasteiger partial charge in [-0.1, -0.05) is 34.9 Å². The molecule has 4 rings (SSSR count). The summed E-state index contributed by atoms with van der Waals surface area (Å²) in [5.74, 6) is -1.85. The number of anilines is 1. The lowest BCUT2D eigenvalue weighted by Crippen LogP contribution is -2.33. The van der Waals surface area contributed by atoms with Gasteiger partial charge in [-0.25, -0.2) is 4.90 Å². The fraction of sp³-hybridized carbons (Fsp3) is 0.333. The molecule has 1 aliphatic heterocycles. The molecule has 0 radical (unpaired) electrons. The molecule has 2 fully saturated rings. The van der Waals surface area contributed by atoms with Gasteiger partial charge in [0, 0.05) is 22.9 Å². The number of halogens is 1. The summed E-state index contributed by atoms with van der Waals surface area (Å²) in [6.45, 7) is 3.97. The largest absolute Gasteiger partial charge is 0.294 e. The molecular formula is C18H15ClN2O4. The van der Waals surface area contributed by atoms with E-state index in [0.29, 0.717) is 0 Å². The van der Waals surface area contributed by atoms with Crippen molar-refractivity contribution in [3.63, 3.8) is 0 Å². The number of hydrogen-bond donors (Lipinski definition) is 0. The summed E-state index contributed by atoms with van der Waals surface area (Å²) in [5.41, 5.74) is 1.93. The Morgan fingerprint density at radius 1 is 1.12 bits per heavy atom. The van der Waals surface area contributed by atoms with Gasteiger partial charge in [-0.2, -0.15) is 0 Å². The van der Waals surface area contributed by atoms with Crippen LogP contribution in [0, 0.1) is 33.8 Å². The maximum atomic E-state index is 13.0. The number of hydrogen-bond acceptors (Lipinski definition) is 4. The molecule has 2 aliphatic carbocycles. The van der Waals surface area contributed by atoms with Crippen LogP contribution in [-0.4, -0.2) is 16.7 Å². The van der Waals surface area contributed by atoms with Crippen molar-refractivity contribution in [2.45, 2.75) is 13.8 Å². The molecule has 1 heterocycles. The van der Waals surface area contributed by atoms with Crippen LogP contribution in [0.3, 0.4) is 0 Å². The van der Waals surface area contributed by atoms with E-state index in [0.717, 1.165) is 16.0 Å². The first-order valence-electron chi connectivity index (χ1n) is 8.00. The molecule has 4 atom stereocenters. The summed E-state index contributed by atoms with van der Waals surface area (Å²) in [5, 5.41) is 11.5. The molecule has 128 valence electrons. The van der Waals surface area contributed by atoms with Crippen molar-refractivity contribution < 1.29 is 14.5 Å². The zero-order chi connectivity index (χ0) is 18.0. The average Bonchev–Trinajstić information content (AvgIpc) is 3.18. The molecule has 1 saturated heterocycles. The molecule has 0 unspecified atom stereocenters. The molecule has 25 heavy (non-hydrogen) atoms. The van der Waals surface area contributed by atoms with E-state index in [-0.39, 0.29) is 40.0 Å². The van der Waals surface area contributed by atoms with E-state index in [2.05, 4.69) is 0 Å². The van der Waals surface area contributed by atoms with Crippen molar-refractivity contribution in [2.24, 2.45) is 23.7 Å². The van der Waals surface area contributed by atoms with Crippen molar-refractivity contribution >= 4 is 34.8 Å². The third kappa shape index (κ3) is 2.03. The molecule has 1 aromatic rings. The number of imide groups is 1. The fourth-order valence-corrected chi connectivity index (χ4v) is 4.67. The number of fused-ring (bicyclic) bond motifs is 5. The van der Waals surface area contributed by atoms with Gasteiger partial charge in [-0.3, -0.25) is 19.7 Å². The number of rotatable bonds is 2. The number of amides is 2. The lowest BCUT2D eigenvalue weighted by molar-refractivity contribution is -0.384. The Labute approximate surface area is 148 Å². The average molecular weight is 359 g/mol. The number of benzene rings is 1. The van der Waals surface area contributed by atoms with Crippen molar-refractivity contribution in [3.8, 4) is 0 Å². The Morgan fingerprint density at radius 3 is 2.16 bits per heavy atom. The van der Waals surface area contributed by atoms with Gasteiger partial charge in [0.1, 0.15) is 5.69 Å². The summed E-state index contributed by atoms with van der Waals surface area (Å²) >= 11 is 5.84. The fourth-order valence-electron chi connectivity index (χ4n) is 4.50. The quantitative estimate of drug-likeness (QED) is 0.350. The second kappa shape index (κ2) is 5.26. The zero-order valence-corrected chi connectivity index (χ0v) is 14.4. The molecule has 1 aromatic carbocycles. The van der Waals surface area contributed by atoms with Crippen LogP contribution in [0.25, 0.3) is 0 Å². The van der Waals surface area contributed by atoms with Gasteiger partial charge in [0.05, 0.1) is 16.8 Å². The highest BCUT2D eigenvalue weighted by Crippen LogP contribution is 2.57. The van der Waals surface area contributed by atoms with Gasteiger partial charge in [-0.15, -0.1) is 0 Å². The van der Waals surface area contributed by atoms with E-state index in [1.165, 1.54) is 18.2 Å². The summed E-state index contributed by atoms with van der Waals surface area (Å²) < 4.78 is 0. The summed E-state index contributed by atoms with van der Waals surface area (Å²) in [4.78, 5) is 37.7. The number of carbonyl (C=O) groups excluding carboxylic acids is 2. The van der Waals surface area contributed by atoms with Crippen LogP contribution in [-0.2, 0) is 9.59 Å². The van der Waals surface area contributed by atoms with Gasteiger partial charge < -0.3 is 0 Å². The van der Waals surface area contributed by atoms with Crippen molar-refractivity contribution in [1.29, 1.82) is 0 Å². The highest BCUT2D eigenvalue weighted by molar-refractivity contribution is 6.31. The molecule has 7 heteroatoms. The Bertz CT molecular complexity index is 866. The van der Waals surface area contributed by atoms with Crippen molar-refractivity contribution in [3.05, 3.63) is 56.6 Å². The topological polar surface area (TPSA) is 80.5 Å². The molecule has 0 spiro atoms. The zero-order valence-electron chi connectivity index (χ0n) is 13.6. The lowest BCUT2D eigenvalue weighted by Gasteiger charge is -2.19. The lowest BCUT2D eigenvalue weighted by atomic mass is 9.85. The molecule has 2 bridgehead atoms. The molecule has 6 nitrogen and oxygen atoms in total.